The molecule has 3 rings (SSSR count). The van der Waals surface area contributed by atoms with Crippen LogP contribution in [0.25, 0.3) is 0 Å². The van der Waals surface area contributed by atoms with Gasteiger partial charge in [-0.15, -0.1) is 0 Å². The number of hydrogen-bond acceptors (Lipinski definition) is 4. The highest BCUT2D eigenvalue weighted by atomic mass is 32.2. The van der Waals surface area contributed by atoms with Crippen LogP contribution < -0.4 is 0 Å². The minimum atomic E-state index is -0.317. The number of amidine groups is 1. The van der Waals surface area contributed by atoms with Crippen molar-refractivity contribution in [2.24, 2.45) is 10.9 Å². The number of benzene rings is 1. The maximum absolute atomic E-state index is 11.1. The van der Waals surface area contributed by atoms with Gasteiger partial charge in [0.1, 0.15) is 0 Å². The molecule has 0 aromatic heterocycles. The van der Waals surface area contributed by atoms with Gasteiger partial charge in [-0.1, -0.05) is 38.5 Å². The van der Waals surface area contributed by atoms with Crippen molar-refractivity contribution >= 4 is 28.3 Å². The van der Waals surface area contributed by atoms with Crippen LogP contribution in [0.1, 0.15) is 50.7 Å². The molecule has 0 atom stereocenters. The summed E-state index contributed by atoms with van der Waals surface area (Å²) in [6, 6.07) is 3.38. The first kappa shape index (κ1) is 18.2. The number of hydrogen-bond donors (Lipinski definition) is 0. The highest BCUT2D eigenvalue weighted by Gasteiger charge is 2.46. The lowest BCUT2D eigenvalue weighted by molar-refractivity contribution is -0.385. The molecule has 2 aliphatic rings. The van der Waals surface area contributed by atoms with E-state index >= 15 is 0 Å². The molecule has 1 aromatic carbocycles. The Morgan fingerprint density at radius 2 is 1.96 bits per heavy atom. The fourth-order valence-electron chi connectivity index (χ4n) is 3.95. The molecule has 1 aromatic rings. The fourth-order valence-corrected chi connectivity index (χ4v) is 5.38. The van der Waals surface area contributed by atoms with Gasteiger partial charge in [-0.25, -0.2) is 4.99 Å². The van der Waals surface area contributed by atoms with Gasteiger partial charge in [-0.05, 0) is 44.2 Å². The minimum Gasteiger partial charge on any atom is -0.344 e. The van der Waals surface area contributed by atoms with Crippen molar-refractivity contribution in [3.05, 3.63) is 33.4 Å². The zero-order valence-corrected chi connectivity index (χ0v) is 16.4. The quantitative estimate of drug-likeness (QED) is 0.545. The number of thioether (sulfide) groups is 1. The van der Waals surface area contributed by atoms with Crippen molar-refractivity contribution < 1.29 is 4.92 Å². The van der Waals surface area contributed by atoms with Gasteiger partial charge in [0.05, 0.1) is 16.1 Å². The van der Waals surface area contributed by atoms with E-state index in [0.29, 0.717) is 11.5 Å². The second-order valence-corrected chi connectivity index (χ2v) is 8.67. The van der Waals surface area contributed by atoms with Crippen LogP contribution in [0.3, 0.4) is 0 Å². The van der Waals surface area contributed by atoms with E-state index in [1.165, 1.54) is 25.7 Å². The molecule has 5 nitrogen and oxygen atoms in total. The lowest BCUT2D eigenvalue weighted by atomic mass is 9.97. The molecule has 2 fully saturated rings. The fraction of sp³-hybridized carbons (Fsp3) is 0.632. The third kappa shape index (κ3) is 3.41. The van der Waals surface area contributed by atoms with Gasteiger partial charge < -0.3 is 4.90 Å². The molecule has 0 radical (unpaired) electrons. The monoisotopic (exact) mass is 361 g/mol. The summed E-state index contributed by atoms with van der Waals surface area (Å²) >= 11 is 1.85. The van der Waals surface area contributed by atoms with E-state index < -0.39 is 0 Å². The Balaban J connectivity index is 1.97. The largest absolute Gasteiger partial charge is 0.344 e. The van der Waals surface area contributed by atoms with Crippen molar-refractivity contribution in [2.45, 2.75) is 58.9 Å². The molecule has 1 saturated carbocycles. The van der Waals surface area contributed by atoms with Gasteiger partial charge >= 0.3 is 0 Å². The molecule has 1 aliphatic heterocycles. The van der Waals surface area contributed by atoms with Gasteiger partial charge in [-0.3, -0.25) is 10.1 Å². The third-order valence-electron chi connectivity index (χ3n) is 5.50. The van der Waals surface area contributed by atoms with Gasteiger partial charge in [0.15, 0.2) is 5.17 Å². The maximum Gasteiger partial charge on any atom is 0.272 e. The third-order valence-corrected chi connectivity index (χ3v) is 6.75. The molecule has 25 heavy (non-hydrogen) atoms. The van der Waals surface area contributed by atoms with E-state index in [0.717, 1.165) is 28.7 Å². The molecule has 136 valence electrons. The van der Waals surface area contributed by atoms with Crippen LogP contribution in [-0.4, -0.2) is 32.8 Å². The van der Waals surface area contributed by atoms with E-state index in [1.807, 2.05) is 25.6 Å². The lowest BCUT2D eigenvalue weighted by Crippen LogP contribution is -2.46. The Morgan fingerprint density at radius 3 is 2.56 bits per heavy atom. The van der Waals surface area contributed by atoms with E-state index in [9.17, 15) is 10.1 Å². The van der Waals surface area contributed by atoms with Crippen LogP contribution >= 0.6 is 11.8 Å². The predicted octanol–water partition coefficient (Wildman–Crippen LogP) is 5.22. The van der Waals surface area contributed by atoms with Crippen LogP contribution in [0.4, 0.5) is 11.4 Å². The van der Waals surface area contributed by atoms with Crippen molar-refractivity contribution in [2.75, 3.05) is 12.3 Å². The minimum absolute atomic E-state index is 0.173. The number of rotatable bonds is 4. The predicted molar refractivity (Wildman–Crippen MR) is 105 cm³/mol. The summed E-state index contributed by atoms with van der Waals surface area (Å²) in [6.07, 6.45) is 5.12. The van der Waals surface area contributed by atoms with Crippen molar-refractivity contribution in [1.29, 1.82) is 0 Å². The second kappa shape index (κ2) is 6.98. The first-order chi connectivity index (χ1) is 11.8. The summed E-state index contributed by atoms with van der Waals surface area (Å²) in [6.45, 7) is 9.27. The topological polar surface area (TPSA) is 58.7 Å². The number of aliphatic imine (C=N–C) groups is 1. The highest BCUT2D eigenvalue weighted by molar-refractivity contribution is 8.14. The Morgan fingerprint density at radius 1 is 1.28 bits per heavy atom. The van der Waals surface area contributed by atoms with E-state index in [4.69, 9.17) is 4.99 Å². The summed E-state index contributed by atoms with van der Waals surface area (Å²) in [5.41, 5.74) is 2.92. The smallest absolute Gasteiger partial charge is 0.272 e. The molecule has 1 saturated heterocycles. The van der Waals surface area contributed by atoms with Crippen LogP contribution in [-0.2, 0) is 0 Å². The first-order valence-electron chi connectivity index (χ1n) is 9.08. The van der Waals surface area contributed by atoms with Gasteiger partial charge in [-0.2, -0.15) is 0 Å². The van der Waals surface area contributed by atoms with E-state index in [1.54, 1.807) is 12.1 Å². The van der Waals surface area contributed by atoms with Crippen LogP contribution in [0.2, 0.25) is 0 Å². The average molecular weight is 362 g/mol. The molecule has 0 unspecified atom stereocenters. The molecular weight excluding hydrogens is 334 g/mol. The molecule has 1 aliphatic carbocycles. The molecule has 1 heterocycles. The van der Waals surface area contributed by atoms with Crippen LogP contribution in [0, 0.1) is 29.9 Å². The van der Waals surface area contributed by atoms with Crippen molar-refractivity contribution in [3.8, 4) is 0 Å². The number of nitrogens with zero attached hydrogens (tertiary/aromatic N) is 3. The summed E-state index contributed by atoms with van der Waals surface area (Å²) in [5.74, 6) is 1.70. The van der Waals surface area contributed by atoms with Gasteiger partial charge in [0.25, 0.3) is 5.69 Å². The first-order valence-corrected chi connectivity index (χ1v) is 10.1. The van der Waals surface area contributed by atoms with E-state index in [2.05, 4.69) is 18.7 Å². The molecule has 0 bridgehead atoms. The molecule has 1 spiro atoms. The summed E-state index contributed by atoms with van der Waals surface area (Å²) in [5, 5.41) is 12.2. The summed E-state index contributed by atoms with van der Waals surface area (Å²) < 4.78 is 0. The lowest BCUT2D eigenvalue weighted by Gasteiger charge is -2.37. The molecule has 0 N–H and O–H groups in total. The Hall–Kier alpha value is -1.56. The summed E-state index contributed by atoms with van der Waals surface area (Å²) in [7, 11) is 0. The molecule has 0 amide bonds. The Labute approximate surface area is 154 Å². The van der Waals surface area contributed by atoms with Crippen LogP contribution in [0.15, 0.2) is 17.1 Å². The SMILES string of the molecule is Cc1c(N=C2SCC3(CCCC3)N2CC(C)C)ccc([N+](=O)[O-])c1C. The van der Waals surface area contributed by atoms with Crippen LogP contribution in [0.5, 0.6) is 0 Å². The normalized spacial score (nSPS) is 21.0. The highest BCUT2D eigenvalue weighted by Crippen LogP contribution is 2.45. The summed E-state index contributed by atoms with van der Waals surface area (Å²) in [4.78, 5) is 18.3. The Bertz CT molecular complexity index is 709. The zero-order chi connectivity index (χ0) is 18.2. The van der Waals surface area contributed by atoms with Gasteiger partial charge in [0.2, 0.25) is 0 Å². The molecule has 6 heteroatoms. The maximum atomic E-state index is 11.1. The van der Waals surface area contributed by atoms with Crippen molar-refractivity contribution in [3.63, 3.8) is 0 Å². The second-order valence-electron chi connectivity index (χ2n) is 7.73. The number of nitro groups is 1. The Kier molecular flexibility index (Phi) is 5.09. The van der Waals surface area contributed by atoms with Gasteiger partial charge in [0, 0.05) is 23.9 Å². The average Bonchev–Trinajstić information content (AvgIpc) is 3.14. The number of nitro benzene ring substituents is 1. The zero-order valence-electron chi connectivity index (χ0n) is 15.5. The standard InChI is InChI=1S/C19H27N3O2S/c1-13(2)11-21-18(25-12-19(21)9-5-6-10-19)20-16-7-8-17(22(23)24)15(4)14(16)3/h7-8,13H,5-6,9-12H2,1-4H3. The van der Waals surface area contributed by atoms with Crippen molar-refractivity contribution in [1.82, 2.24) is 4.90 Å². The van der Waals surface area contributed by atoms with E-state index in [-0.39, 0.29) is 16.1 Å². The molecular formula is C19H27N3O2S.